The third kappa shape index (κ3) is 21.4. The fraction of sp³-hybridized carbons (Fsp3) is 0.380. The molecule has 0 bridgehead atoms. The number of hydrogen-bond donors (Lipinski definition) is 8. The van der Waals surface area contributed by atoms with Crippen LogP contribution in [0.3, 0.4) is 0 Å². The van der Waals surface area contributed by atoms with Crippen LogP contribution in [0.2, 0.25) is 0 Å². The van der Waals surface area contributed by atoms with Crippen LogP contribution in [0.25, 0.3) is 0 Å². The lowest BCUT2D eigenvalue weighted by atomic mass is 9.84. The van der Waals surface area contributed by atoms with Crippen LogP contribution in [0.15, 0.2) is 164 Å². The van der Waals surface area contributed by atoms with Crippen molar-refractivity contribution >= 4 is 65.0 Å². The van der Waals surface area contributed by atoms with Crippen molar-refractivity contribution < 1.29 is 47.8 Å². The summed E-state index contributed by atoms with van der Waals surface area (Å²) in [4.78, 5) is 114. The van der Waals surface area contributed by atoms with E-state index in [9.17, 15) is 28.8 Å². The summed E-state index contributed by atoms with van der Waals surface area (Å²) in [6.07, 6.45) is 0.405. The number of benzene rings is 6. The lowest BCUT2D eigenvalue weighted by molar-refractivity contribution is -0.145. The number of alkyl carbamates (subject to hydrolysis) is 1. The van der Waals surface area contributed by atoms with Crippen LogP contribution in [-0.4, -0.2) is 109 Å². The van der Waals surface area contributed by atoms with Crippen LogP contribution >= 0.6 is 11.8 Å². The maximum absolute atomic E-state index is 15.1. The summed E-state index contributed by atoms with van der Waals surface area (Å²) in [5.41, 5.74) is 12.7. The van der Waals surface area contributed by atoms with Crippen LogP contribution < -0.4 is 43.0 Å². The van der Waals surface area contributed by atoms with Crippen molar-refractivity contribution in [2.45, 2.75) is 147 Å². The average Bonchev–Trinajstić information content (AvgIpc) is 0.788. The van der Waals surface area contributed by atoms with Crippen molar-refractivity contribution in [2.24, 2.45) is 5.92 Å². The zero-order valence-corrected chi connectivity index (χ0v) is 53.9. The predicted octanol–water partition coefficient (Wildman–Crippen LogP) is 8.48. The SMILES string of the molecule is CCC(C)C(NC(=O)C(CSC(c1ccccc1)(c1ccccc1)c1ccccc1)NC(C)=O)C(=O)NC(Cc1ccc(N)cc1)C(=O)NC(CCCCNC(=O)OC(C)(C)C)C(=O)NC(Cc1ccc(C)cc1)C(=O)NC(Cc1ccc(C)cc1)C(=O)OC. The van der Waals surface area contributed by atoms with Gasteiger partial charge in [0.2, 0.25) is 35.4 Å². The number of rotatable bonds is 31. The summed E-state index contributed by atoms with van der Waals surface area (Å²) >= 11 is 1.47. The molecule has 0 aromatic heterocycles. The monoisotopic (exact) mass is 1240 g/mol. The molecule has 9 N–H and O–H groups in total. The Labute approximate surface area is 533 Å². The molecule has 0 saturated heterocycles. The van der Waals surface area contributed by atoms with Gasteiger partial charge in [-0.2, -0.15) is 0 Å². The van der Waals surface area contributed by atoms with E-state index in [4.69, 9.17) is 15.2 Å². The molecule has 0 spiro atoms. The van der Waals surface area contributed by atoms with Gasteiger partial charge in [-0.05, 0) is 105 Å². The van der Waals surface area contributed by atoms with Crippen LogP contribution in [0.4, 0.5) is 10.5 Å². The van der Waals surface area contributed by atoms with E-state index in [1.54, 1.807) is 52.0 Å². The van der Waals surface area contributed by atoms with Crippen molar-refractivity contribution in [1.29, 1.82) is 0 Å². The molecule has 6 aromatic carbocycles. The number of thioether (sulfide) groups is 1. The van der Waals surface area contributed by atoms with Crippen LogP contribution in [0.5, 0.6) is 0 Å². The highest BCUT2D eigenvalue weighted by Gasteiger charge is 2.40. The Hall–Kier alpha value is -8.97. The van der Waals surface area contributed by atoms with E-state index < -0.39 is 100 Å². The van der Waals surface area contributed by atoms with E-state index in [1.807, 2.05) is 160 Å². The number of ether oxygens (including phenoxy) is 2. The number of carbonyl (C=O) groups is 8. The fourth-order valence-electron chi connectivity index (χ4n) is 10.2. The molecule has 7 unspecified atom stereocenters. The summed E-state index contributed by atoms with van der Waals surface area (Å²) in [7, 11) is 1.22. The standard InChI is InChI=1S/C71H88N8O10S/c1-10-48(4)62(79-66(84)61(74-49(5)80)45-90-71(53-22-14-11-15-23-53,54-24-16-12-17-25-54)55-26-18-13-19-27-55)67(85)77-59(43-52-37-39-56(72)40-38-52)64(82)75-57(28-20-21-41-73-69(87)89-70(6,7)8)63(81)76-58(42-50-33-29-46(2)30-34-50)65(83)78-60(68(86)88-9)44-51-35-31-47(3)32-36-51/h11-19,22-27,29-40,48,57-62H,10,20-21,28,41-45,72H2,1-9H3,(H,73,87)(H,74,80)(H,75,82)(H,76,81)(H,77,85)(H,78,83)(H,79,84). The Morgan fingerprint density at radius 1 is 0.511 bits per heavy atom. The van der Waals surface area contributed by atoms with Gasteiger partial charge in [-0.25, -0.2) is 9.59 Å². The smallest absolute Gasteiger partial charge is 0.407 e. The van der Waals surface area contributed by atoms with Crippen molar-refractivity contribution in [3.05, 3.63) is 208 Å². The molecular weight excluding hydrogens is 1160 g/mol. The normalized spacial score (nSPS) is 13.7. The largest absolute Gasteiger partial charge is 0.467 e. The van der Waals surface area contributed by atoms with Gasteiger partial charge in [0.1, 0.15) is 41.9 Å². The second-order valence-corrected chi connectivity index (χ2v) is 25.0. The van der Waals surface area contributed by atoms with E-state index in [0.717, 1.165) is 33.4 Å². The first-order valence-corrected chi connectivity index (χ1v) is 31.6. The number of unbranched alkanes of at least 4 members (excludes halogenated alkanes) is 1. The zero-order valence-electron chi connectivity index (χ0n) is 53.1. The number of aryl methyl sites for hydroxylation is 2. The number of amides is 7. The minimum absolute atomic E-state index is 0.00138. The van der Waals surface area contributed by atoms with Gasteiger partial charge in [0.25, 0.3) is 0 Å². The third-order valence-electron chi connectivity index (χ3n) is 15.3. The highest BCUT2D eigenvalue weighted by atomic mass is 32.2. The van der Waals surface area contributed by atoms with Gasteiger partial charge >= 0.3 is 12.1 Å². The van der Waals surface area contributed by atoms with Crippen molar-refractivity contribution in [3.8, 4) is 0 Å². The van der Waals surface area contributed by atoms with Crippen molar-refractivity contribution in [2.75, 3.05) is 25.1 Å². The molecule has 18 nitrogen and oxygen atoms in total. The second-order valence-electron chi connectivity index (χ2n) is 23.7. The molecule has 0 aliphatic rings. The Kier molecular flexibility index (Phi) is 26.6. The van der Waals surface area contributed by atoms with E-state index in [1.165, 1.54) is 25.8 Å². The highest BCUT2D eigenvalue weighted by Crippen LogP contribution is 2.48. The van der Waals surface area contributed by atoms with Crippen molar-refractivity contribution in [1.82, 2.24) is 37.2 Å². The molecule has 478 valence electrons. The van der Waals surface area contributed by atoms with Crippen LogP contribution in [0, 0.1) is 19.8 Å². The topological polar surface area (TPSA) is 265 Å². The molecule has 90 heavy (non-hydrogen) atoms. The first-order valence-electron chi connectivity index (χ1n) is 30.6. The number of nitrogens with two attached hydrogens (primary N) is 1. The Bertz CT molecular complexity index is 3220. The Balaban J connectivity index is 1.31. The molecule has 0 aliphatic carbocycles. The lowest BCUT2D eigenvalue weighted by Gasteiger charge is -2.36. The molecule has 7 atom stereocenters. The number of nitrogen functional groups attached to an aromatic ring is 1. The number of nitrogens with one attached hydrogen (secondary N) is 7. The zero-order chi connectivity index (χ0) is 65.4. The molecule has 7 amide bonds. The minimum atomic E-state index is -1.37. The van der Waals surface area contributed by atoms with Gasteiger partial charge in [0.15, 0.2) is 0 Å². The summed E-state index contributed by atoms with van der Waals surface area (Å²) in [5.74, 6) is -5.13. The number of carbonyl (C=O) groups excluding carboxylic acids is 8. The molecule has 0 heterocycles. The van der Waals surface area contributed by atoms with Gasteiger partial charge in [-0.3, -0.25) is 28.8 Å². The van der Waals surface area contributed by atoms with Gasteiger partial charge in [0.05, 0.1) is 11.9 Å². The van der Waals surface area contributed by atoms with Crippen LogP contribution in [0.1, 0.15) is 112 Å². The number of hydrogen-bond acceptors (Lipinski definition) is 12. The first-order chi connectivity index (χ1) is 43.0. The minimum Gasteiger partial charge on any atom is -0.467 e. The summed E-state index contributed by atoms with van der Waals surface area (Å²) in [5, 5.41) is 20.1. The molecule has 19 heteroatoms. The molecule has 6 aromatic rings. The second kappa shape index (κ2) is 34.1. The maximum Gasteiger partial charge on any atom is 0.407 e. The van der Waals surface area contributed by atoms with Gasteiger partial charge in [-0.15, -0.1) is 11.8 Å². The summed E-state index contributed by atoms with van der Waals surface area (Å²) < 4.78 is 9.69. The average molecular weight is 1250 g/mol. The molecule has 6 rings (SSSR count). The number of esters is 1. The summed E-state index contributed by atoms with van der Waals surface area (Å²) in [6.45, 7) is 14.2. The van der Waals surface area contributed by atoms with E-state index in [0.29, 0.717) is 29.7 Å². The lowest BCUT2D eigenvalue weighted by Crippen LogP contribution is -2.61. The summed E-state index contributed by atoms with van der Waals surface area (Å²) in [6, 6.07) is 43.8. The van der Waals surface area contributed by atoms with Crippen LogP contribution in [-0.2, 0) is 67.0 Å². The van der Waals surface area contributed by atoms with Crippen molar-refractivity contribution in [3.63, 3.8) is 0 Å². The van der Waals surface area contributed by atoms with Gasteiger partial charge in [-0.1, -0.05) is 183 Å². The predicted molar refractivity (Wildman–Crippen MR) is 353 cm³/mol. The third-order valence-corrected chi connectivity index (χ3v) is 17.0. The van der Waals surface area contributed by atoms with E-state index in [-0.39, 0.29) is 44.4 Å². The van der Waals surface area contributed by atoms with Gasteiger partial charge < -0.3 is 52.4 Å². The Morgan fingerprint density at radius 2 is 0.922 bits per heavy atom. The van der Waals surface area contributed by atoms with E-state index >= 15 is 9.59 Å². The highest BCUT2D eigenvalue weighted by molar-refractivity contribution is 8.00. The molecule has 0 radical (unpaired) electrons. The Morgan fingerprint density at radius 3 is 1.37 bits per heavy atom. The van der Waals surface area contributed by atoms with Gasteiger partial charge in [0, 0.05) is 44.2 Å². The first kappa shape index (κ1) is 70.1. The number of anilines is 1. The fourth-order valence-corrected chi connectivity index (χ4v) is 11.8. The maximum atomic E-state index is 15.1. The molecule has 0 saturated carbocycles. The number of methoxy groups -OCH3 is 1. The molecule has 0 aliphatic heterocycles. The molecular formula is C71H88N8O10S. The quantitative estimate of drug-likeness (QED) is 0.00882. The molecule has 0 fully saturated rings. The van der Waals surface area contributed by atoms with E-state index in [2.05, 4.69) is 37.2 Å².